The lowest BCUT2D eigenvalue weighted by molar-refractivity contribution is 0.101. The molecule has 0 aliphatic carbocycles. The minimum absolute atomic E-state index is 0.0609. The van der Waals surface area contributed by atoms with Gasteiger partial charge < -0.3 is 10.1 Å². The summed E-state index contributed by atoms with van der Waals surface area (Å²) in [5.41, 5.74) is 4.31. The first-order valence-electron chi connectivity index (χ1n) is 9.70. The zero-order valence-corrected chi connectivity index (χ0v) is 18.1. The summed E-state index contributed by atoms with van der Waals surface area (Å²) in [5, 5.41) is 7.97. The molecule has 6 nitrogen and oxygen atoms in total. The molecule has 0 saturated heterocycles. The number of carbonyl (C=O) groups is 1. The third-order valence-corrected chi connectivity index (χ3v) is 5.08. The molecule has 1 amide bonds. The molecule has 4 aromatic rings. The van der Waals surface area contributed by atoms with Crippen LogP contribution < -0.4 is 10.1 Å². The van der Waals surface area contributed by atoms with Crippen LogP contribution in [0.1, 0.15) is 21.7 Å². The SMILES string of the molecule is COc1ccc(-n2nc(C(=O)Nc3ccc(C)cc3C)nc2-c2cccc(Cl)c2)cc1. The van der Waals surface area contributed by atoms with Gasteiger partial charge in [0.2, 0.25) is 5.82 Å². The Morgan fingerprint density at radius 3 is 2.48 bits per heavy atom. The zero-order valence-electron chi connectivity index (χ0n) is 17.4. The minimum Gasteiger partial charge on any atom is -0.497 e. The third-order valence-electron chi connectivity index (χ3n) is 4.84. The van der Waals surface area contributed by atoms with Gasteiger partial charge in [-0.25, -0.2) is 9.67 Å². The number of aromatic nitrogens is 3. The maximum absolute atomic E-state index is 13.0. The zero-order chi connectivity index (χ0) is 22.0. The van der Waals surface area contributed by atoms with Crippen LogP contribution in [-0.2, 0) is 0 Å². The molecule has 0 aliphatic heterocycles. The summed E-state index contributed by atoms with van der Waals surface area (Å²) < 4.78 is 6.87. The van der Waals surface area contributed by atoms with Crippen molar-refractivity contribution in [3.8, 4) is 22.8 Å². The van der Waals surface area contributed by atoms with Gasteiger partial charge in [0.1, 0.15) is 5.75 Å². The molecule has 3 aromatic carbocycles. The van der Waals surface area contributed by atoms with E-state index in [0.29, 0.717) is 10.8 Å². The second-order valence-corrected chi connectivity index (χ2v) is 7.59. The maximum Gasteiger partial charge on any atom is 0.295 e. The van der Waals surface area contributed by atoms with Gasteiger partial charge in [-0.1, -0.05) is 41.4 Å². The molecule has 156 valence electrons. The number of hydrogen-bond acceptors (Lipinski definition) is 4. The van der Waals surface area contributed by atoms with Crippen molar-refractivity contribution in [2.75, 3.05) is 12.4 Å². The molecular weight excluding hydrogens is 412 g/mol. The quantitative estimate of drug-likeness (QED) is 0.454. The van der Waals surface area contributed by atoms with Gasteiger partial charge in [0.25, 0.3) is 5.91 Å². The first kappa shape index (κ1) is 20.6. The fourth-order valence-corrected chi connectivity index (χ4v) is 3.45. The second kappa shape index (κ2) is 8.62. The predicted octanol–water partition coefficient (Wildman–Crippen LogP) is 5.47. The van der Waals surface area contributed by atoms with Crippen molar-refractivity contribution in [2.45, 2.75) is 13.8 Å². The highest BCUT2D eigenvalue weighted by Gasteiger charge is 2.20. The number of nitrogens with zero attached hydrogens (tertiary/aromatic N) is 3. The van der Waals surface area contributed by atoms with Crippen LogP contribution >= 0.6 is 11.6 Å². The van der Waals surface area contributed by atoms with E-state index in [-0.39, 0.29) is 11.7 Å². The van der Waals surface area contributed by atoms with E-state index in [9.17, 15) is 4.79 Å². The summed E-state index contributed by atoms with van der Waals surface area (Å²) in [6, 6.07) is 20.5. The largest absolute Gasteiger partial charge is 0.497 e. The molecule has 31 heavy (non-hydrogen) atoms. The topological polar surface area (TPSA) is 69.0 Å². The van der Waals surface area contributed by atoms with Crippen LogP contribution in [0.5, 0.6) is 5.75 Å². The summed E-state index contributed by atoms with van der Waals surface area (Å²) in [7, 11) is 1.61. The molecule has 1 aromatic heterocycles. The maximum atomic E-state index is 13.0. The number of halogens is 1. The number of rotatable bonds is 5. The van der Waals surface area contributed by atoms with Crippen LogP contribution in [0.25, 0.3) is 17.1 Å². The molecule has 1 N–H and O–H groups in total. The molecule has 0 atom stereocenters. The molecule has 0 bridgehead atoms. The molecule has 0 saturated carbocycles. The van der Waals surface area contributed by atoms with Crippen molar-refractivity contribution >= 4 is 23.2 Å². The number of hydrogen-bond donors (Lipinski definition) is 1. The summed E-state index contributed by atoms with van der Waals surface area (Å²) in [4.78, 5) is 17.5. The van der Waals surface area contributed by atoms with E-state index >= 15 is 0 Å². The molecule has 7 heteroatoms. The van der Waals surface area contributed by atoms with Crippen LogP contribution in [0.3, 0.4) is 0 Å². The monoisotopic (exact) mass is 432 g/mol. The molecule has 1 heterocycles. The smallest absolute Gasteiger partial charge is 0.295 e. The van der Waals surface area contributed by atoms with Crippen LogP contribution in [0.2, 0.25) is 5.02 Å². The lowest BCUT2D eigenvalue weighted by atomic mass is 10.1. The first-order valence-corrected chi connectivity index (χ1v) is 10.1. The van der Waals surface area contributed by atoms with E-state index < -0.39 is 0 Å². The number of aryl methyl sites for hydroxylation is 2. The average Bonchev–Trinajstić information content (AvgIpc) is 3.21. The van der Waals surface area contributed by atoms with Crippen molar-refractivity contribution in [3.05, 3.63) is 88.7 Å². The molecule has 0 fully saturated rings. The summed E-state index contributed by atoms with van der Waals surface area (Å²) in [5.74, 6) is 0.910. The Bertz CT molecular complexity index is 1250. The predicted molar refractivity (Wildman–Crippen MR) is 122 cm³/mol. The fourth-order valence-electron chi connectivity index (χ4n) is 3.26. The Morgan fingerprint density at radius 1 is 1.03 bits per heavy atom. The average molecular weight is 433 g/mol. The third kappa shape index (κ3) is 4.44. The van der Waals surface area contributed by atoms with Gasteiger partial charge in [-0.05, 0) is 61.9 Å². The van der Waals surface area contributed by atoms with E-state index in [1.165, 1.54) is 0 Å². The van der Waals surface area contributed by atoms with Crippen molar-refractivity contribution < 1.29 is 9.53 Å². The molecule has 0 spiro atoms. The van der Waals surface area contributed by atoms with Gasteiger partial charge in [-0.15, -0.1) is 5.10 Å². The number of nitrogens with one attached hydrogen (secondary N) is 1. The van der Waals surface area contributed by atoms with Gasteiger partial charge in [0, 0.05) is 16.3 Å². The highest BCUT2D eigenvalue weighted by molar-refractivity contribution is 6.30. The molecule has 4 rings (SSSR count). The highest BCUT2D eigenvalue weighted by atomic mass is 35.5. The van der Waals surface area contributed by atoms with Gasteiger partial charge >= 0.3 is 0 Å². The van der Waals surface area contributed by atoms with Crippen LogP contribution in [-0.4, -0.2) is 27.8 Å². The van der Waals surface area contributed by atoms with Crippen LogP contribution in [0, 0.1) is 13.8 Å². The Morgan fingerprint density at radius 2 is 1.81 bits per heavy atom. The van der Waals surface area contributed by atoms with Crippen molar-refractivity contribution in [1.82, 2.24) is 14.8 Å². The highest BCUT2D eigenvalue weighted by Crippen LogP contribution is 2.25. The Balaban J connectivity index is 1.75. The fraction of sp³-hybridized carbons (Fsp3) is 0.125. The molecule has 0 aliphatic rings. The Labute approximate surface area is 185 Å². The number of amides is 1. The Kier molecular flexibility index (Phi) is 5.73. The van der Waals surface area contributed by atoms with Gasteiger partial charge in [0.15, 0.2) is 5.82 Å². The summed E-state index contributed by atoms with van der Waals surface area (Å²) in [6.07, 6.45) is 0. The number of carbonyl (C=O) groups excluding carboxylic acids is 1. The van der Waals surface area contributed by atoms with E-state index in [0.717, 1.165) is 33.8 Å². The van der Waals surface area contributed by atoms with Crippen molar-refractivity contribution in [1.29, 1.82) is 0 Å². The first-order chi connectivity index (χ1) is 14.9. The van der Waals surface area contributed by atoms with Crippen LogP contribution in [0.4, 0.5) is 5.69 Å². The summed E-state index contributed by atoms with van der Waals surface area (Å²) in [6.45, 7) is 3.96. The standard InChI is InChI=1S/C24H21ClN4O2/c1-15-7-12-21(16(2)13-15)26-24(30)22-27-23(17-5-4-6-18(25)14-17)29(28-22)19-8-10-20(31-3)11-9-19/h4-14H,1-3H3,(H,26,30). The number of anilines is 1. The summed E-state index contributed by atoms with van der Waals surface area (Å²) >= 11 is 6.19. The second-order valence-electron chi connectivity index (χ2n) is 7.15. The van der Waals surface area contributed by atoms with Crippen LogP contribution in [0.15, 0.2) is 66.7 Å². The minimum atomic E-state index is -0.387. The number of benzene rings is 3. The molecule has 0 unspecified atom stereocenters. The van der Waals surface area contributed by atoms with Gasteiger partial charge in [-0.3, -0.25) is 4.79 Å². The van der Waals surface area contributed by atoms with E-state index in [4.69, 9.17) is 16.3 Å². The lowest BCUT2D eigenvalue weighted by Gasteiger charge is -2.07. The van der Waals surface area contributed by atoms with Gasteiger partial charge in [0.05, 0.1) is 12.8 Å². The number of methoxy groups -OCH3 is 1. The molecule has 0 radical (unpaired) electrons. The van der Waals surface area contributed by atoms with Crippen molar-refractivity contribution in [3.63, 3.8) is 0 Å². The Hall–Kier alpha value is -3.64. The molecular formula is C24H21ClN4O2. The normalized spacial score (nSPS) is 10.7. The van der Waals surface area contributed by atoms with Crippen molar-refractivity contribution in [2.24, 2.45) is 0 Å². The van der Waals surface area contributed by atoms with E-state index in [1.807, 2.05) is 68.4 Å². The number of ether oxygens (including phenoxy) is 1. The van der Waals surface area contributed by atoms with E-state index in [2.05, 4.69) is 15.4 Å². The van der Waals surface area contributed by atoms with Gasteiger partial charge in [-0.2, -0.15) is 0 Å². The lowest BCUT2D eigenvalue weighted by Crippen LogP contribution is -2.15. The van der Waals surface area contributed by atoms with E-state index in [1.54, 1.807) is 23.9 Å².